The molecule has 2 N–H and O–H groups in total. The lowest BCUT2D eigenvalue weighted by atomic mass is 10.2. The number of hydrogen-bond acceptors (Lipinski definition) is 5. The summed E-state index contributed by atoms with van der Waals surface area (Å²) in [6.07, 6.45) is 3.57. The number of furan rings is 1. The standard InChI is InChI=1S/C12H15N3O3/c1-8-11(12(16)17-2)3-10(18-8)7-13-4-9-5-14-15-6-9/h3,5-6,13H,4,7H2,1-2H3,(H,14,15). The van der Waals surface area contributed by atoms with Gasteiger partial charge in [0.25, 0.3) is 0 Å². The zero-order valence-corrected chi connectivity index (χ0v) is 10.3. The van der Waals surface area contributed by atoms with Gasteiger partial charge in [0.2, 0.25) is 0 Å². The van der Waals surface area contributed by atoms with Crippen molar-refractivity contribution in [3.05, 3.63) is 41.1 Å². The number of aryl methyl sites for hydroxylation is 1. The molecular weight excluding hydrogens is 234 g/mol. The van der Waals surface area contributed by atoms with Crippen LogP contribution in [0.2, 0.25) is 0 Å². The van der Waals surface area contributed by atoms with Crippen LogP contribution >= 0.6 is 0 Å². The van der Waals surface area contributed by atoms with Crippen molar-refractivity contribution in [3.63, 3.8) is 0 Å². The fraction of sp³-hybridized carbons (Fsp3) is 0.333. The number of carbonyl (C=O) groups is 1. The molecule has 2 rings (SSSR count). The molecule has 0 amide bonds. The second-order valence-electron chi connectivity index (χ2n) is 3.88. The van der Waals surface area contributed by atoms with E-state index < -0.39 is 0 Å². The fourth-order valence-electron chi connectivity index (χ4n) is 1.65. The molecule has 6 nitrogen and oxygen atoms in total. The lowest BCUT2D eigenvalue weighted by Gasteiger charge is -1.99. The van der Waals surface area contributed by atoms with E-state index in [1.165, 1.54) is 7.11 Å². The van der Waals surface area contributed by atoms with Gasteiger partial charge < -0.3 is 14.5 Å². The van der Waals surface area contributed by atoms with Gasteiger partial charge in [-0.05, 0) is 13.0 Å². The maximum atomic E-state index is 11.4. The van der Waals surface area contributed by atoms with Crippen LogP contribution in [0.5, 0.6) is 0 Å². The van der Waals surface area contributed by atoms with Crippen molar-refractivity contribution in [2.24, 2.45) is 0 Å². The van der Waals surface area contributed by atoms with Crippen molar-refractivity contribution in [1.29, 1.82) is 0 Å². The first kappa shape index (κ1) is 12.4. The minimum atomic E-state index is -0.377. The molecule has 0 saturated heterocycles. The normalized spacial score (nSPS) is 10.6. The van der Waals surface area contributed by atoms with Gasteiger partial charge >= 0.3 is 5.97 Å². The third-order valence-electron chi connectivity index (χ3n) is 2.56. The highest BCUT2D eigenvalue weighted by Gasteiger charge is 2.14. The Kier molecular flexibility index (Phi) is 3.78. The number of aromatic amines is 1. The highest BCUT2D eigenvalue weighted by Crippen LogP contribution is 2.15. The van der Waals surface area contributed by atoms with E-state index in [-0.39, 0.29) is 5.97 Å². The SMILES string of the molecule is COC(=O)c1cc(CNCc2cn[nH]c2)oc1C. The number of nitrogens with zero attached hydrogens (tertiary/aromatic N) is 1. The van der Waals surface area contributed by atoms with Crippen LogP contribution in [-0.4, -0.2) is 23.3 Å². The monoisotopic (exact) mass is 249 g/mol. The first-order valence-electron chi connectivity index (χ1n) is 5.56. The van der Waals surface area contributed by atoms with Crippen molar-refractivity contribution < 1.29 is 13.9 Å². The average molecular weight is 249 g/mol. The van der Waals surface area contributed by atoms with E-state index in [0.717, 1.165) is 5.56 Å². The van der Waals surface area contributed by atoms with Crippen LogP contribution in [0.25, 0.3) is 0 Å². The summed E-state index contributed by atoms with van der Waals surface area (Å²) in [6.45, 7) is 2.97. The molecule has 6 heteroatoms. The molecule has 2 aromatic rings. The second kappa shape index (κ2) is 5.50. The average Bonchev–Trinajstić information content (AvgIpc) is 2.98. The van der Waals surface area contributed by atoms with Gasteiger partial charge in [0, 0.05) is 18.3 Å². The first-order valence-corrected chi connectivity index (χ1v) is 5.56. The van der Waals surface area contributed by atoms with Crippen molar-refractivity contribution in [2.45, 2.75) is 20.0 Å². The van der Waals surface area contributed by atoms with Gasteiger partial charge in [-0.25, -0.2) is 4.79 Å². The molecule has 0 unspecified atom stereocenters. The maximum absolute atomic E-state index is 11.4. The molecule has 2 aromatic heterocycles. The zero-order chi connectivity index (χ0) is 13.0. The van der Waals surface area contributed by atoms with Gasteiger partial charge in [0.1, 0.15) is 17.1 Å². The van der Waals surface area contributed by atoms with Crippen LogP contribution in [0.4, 0.5) is 0 Å². The number of nitrogens with one attached hydrogen (secondary N) is 2. The van der Waals surface area contributed by atoms with Crippen LogP contribution in [0.1, 0.15) is 27.4 Å². The van der Waals surface area contributed by atoms with Gasteiger partial charge in [-0.3, -0.25) is 5.10 Å². The van der Waals surface area contributed by atoms with Crippen LogP contribution in [-0.2, 0) is 17.8 Å². The molecule has 0 radical (unpaired) electrons. The van der Waals surface area contributed by atoms with Crippen molar-refractivity contribution in [1.82, 2.24) is 15.5 Å². The van der Waals surface area contributed by atoms with Crippen LogP contribution in [0, 0.1) is 6.92 Å². The van der Waals surface area contributed by atoms with E-state index in [1.54, 1.807) is 19.2 Å². The number of ether oxygens (including phenoxy) is 1. The number of esters is 1. The molecule has 96 valence electrons. The summed E-state index contributed by atoms with van der Waals surface area (Å²) < 4.78 is 10.1. The van der Waals surface area contributed by atoms with Gasteiger partial charge in [-0.15, -0.1) is 0 Å². The Labute approximate surface area is 104 Å². The van der Waals surface area contributed by atoms with Gasteiger partial charge in [-0.2, -0.15) is 5.10 Å². The summed E-state index contributed by atoms with van der Waals surface area (Å²) in [5.41, 5.74) is 1.53. The molecule has 0 fully saturated rings. The highest BCUT2D eigenvalue weighted by atomic mass is 16.5. The molecule has 0 aromatic carbocycles. The lowest BCUT2D eigenvalue weighted by Crippen LogP contribution is -2.11. The molecule has 0 bridgehead atoms. The molecular formula is C12H15N3O3. The van der Waals surface area contributed by atoms with Crippen LogP contribution in [0.3, 0.4) is 0 Å². The number of rotatable bonds is 5. The van der Waals surface area contributed by atoms with E-state index in [4.69, 9.17) is 4.42 Å². The zero-order valence-electron chi connectivity index (χ0n) is 10.3. The number of H-pyrrole nitrogens is 1. The fourth-order valence-corrected chi connectivity index (χ4v) is 1.65. The van der Waals surface area contributed by atoms with Crippen molar-refractivity contribution >= 4 is 5.97 Å². The van der Waals surface area contributed by atoms with Gasteiger partial charge in [-0.1, -0.05) is 0 Å². The van der Waals surface area contributed by atoms with Crippen LogP contribution < -0.4 is 5.32 Å². The van der Waals surface area contributed by atoms with Gasteiger partial charge in [0.05, 0.1) is 19.9 Å². The Bertz CT molecular complexity index is 517. The number of methoxy groups -OCH3 is 1. The Morgan fingerprint density at radius 1 is 1.56 bits per heavy atom. The summed E-state index contributed by atoms with van der Waals surface area (Å²) in [7, 11) is 1.35. The summed E-state index contributed by atoms with van der Waals surface area (Å²) >= 11 is 0. The summed E-state index contributed by atoms with van der Waals surface area (Å²) in [4.78, 5) is 11.4. The van der Waals surface area contributed by atoms with Gasteiger partial charge in [0.15, 0.2) is 0 Å². The Hall–Kier alpha value is -2.08. The number of hydrogen-bond donors (Lipinski definition) is 2. The number of aromatic nitrogens is 2. The van der Waals surface area contributed by atoms with E-state index in [2.05, 4.69) is 20.3 Å². The molecule has 0 aliphatic rings. The quantitative estimate of drug-likeness (QED) is 0.783. The van der Waals surface area contributed by atoms with E-state index >= 15 is 0 Å². The van der Waals surface area contributed by atoms with Crippen LogP contribution in [0.15, 0.2) is 22.9 Å². The summed E-state index contributed by atoms with van der Waals surface area (Å²) in [5, 5.41) is 9.79. The molecule has 0 saturated carbocycles. The van der Waals surface area contributed by atoms with Crippen molar-refractivity contribution in [3.8, 4) is 0 Å². The molecule has 0 aliphatic carbocycles. The molecule has 0 aliphatic heterocycles. The molecule has 0 spiro atoms. The smallest absolute Gasteiger partial charge is 0.341 e. The summed E-state index contributed by atoms with van der Waals surface area (Å²) in [6, 6.07) is 1.70. The third-order valence-corrected chi connectivity index (χ3v) is 2.56. The Morgan fingerprint density at radius 3 is 3.06 bits per heavy atom. The predicted octanol–water partition coefficient (Wildman–Crippen LogP) is 1.39. The Morgan fingerprint density at radius 2 is 2.39 bits per heavy atom. The predicted molar refractivity (Wildman–Crippen MR) is 63.9 cm³/mol. The largest absolute Gasteiger partial charge is 0.465 e. The lowest BCUT2D eigenvalue weighted by molar-refractivity contribution is 0.0599. The van der Waals surface area contributed by atoms with E-state index in [1.807, 2.05) is 6.20 Å². The second-order valence-corrected chi connectivity index (χ2v) is 3.88. The summed E-state index contributed by atoms with van der Waals surface area (Å²) in [5.74, 6) is 0.899. The molecule has 18 heavy (non-hydrogen) atoms. The maximum Gasteiger partial charge on any atom is 0.341 e. The topological polar surface area (TPSA) is 80.1 Å². The number of carbonyl (C=O) groups excluding carboxylic acids is 1. The first-order chi connectivity index (χ1) is 8.70. The highest BCUT2D eigenvalue weighted by molar-refractivity contribution is 5.90. The van der Waals surface area contributed by atoms with Crippen molar-refractivity contribution in [2.75, 3.05) is 7.11 Å². The molecule has 0 atom stereocenters. The third kappa shape index (κ3) is 2.78. The van der Waals surface area contributed by atoms with E-state index in [0.29, 0.717) is 30.2 Å². The minimum Gasteiger partial charge on any atom is -0.465 e. The van der Waals surface area contributed by atoms with E-state index in [9.17, 15) is 4.79 Å². The minimum absolute atomic E-state index is 0.377. The Balaban J connectivity index is 1.92. The molecule has 2 heterocycles.